The van der Waals surface area contributed by atoms with Crippen molar-refractivity contribution in [3.8, 4) is 5.75 Å². The van der Waals surface area contributed by atoms with E-state index in [0.29, 0.717) is 0 Å². The molecule has 0 saturated heterocycles. The minimum Gasteiger partial charge on any atom is -0.508 e. The zero-order valence-corrected chi connectivity index (χ0v) is 17.4. The van der Waals surface area contributed by atoms with Crippen molar-refractivity contribution in [2.75, 3.05) is 0 Å². The molecule has 3 aliphatic carbocycles. The molecule has 1 amide bonds. The van der Waals surface area contributed by atoms with E-state index in [4.69, 9.17) is 17.3 Å². The number of amides is 1. The second-order valence-electron chi connectivity index (χ2n) is 8.81. The molecule has 0 spiro atoms. The Bertz CT molecular complexity index is 1080. The average molecular weight is 452 g/mol. The number of phenolic OH excluding ortho intramolecular Hbond substituents is 1. The van der Waals surface area contributed by atoms with Gasteiger partial charge in [0.05, 0.1) is 17.3 Å². The summed E-state index contributed by atoms with van der Waals surface area (Å²) in [5, 5.41) is 54.6. The summed E-state index contributed by atoms with van der Waals surface area (Å²) in [7, 11) is 0. The second-order valence-corrected chi connectivity index (χ2v) is 9.22. The maximum absolute atomic E-state index is 13.3. The van der Waals surface area contributed by atoms with Gasteiger partial charge in [0.25, 0.3) is 0 Å². The highest BCUT2D eigenvalue weighted by Gasteiger charge is 2.66. The van der Waals surface area contributed by atoms with Crippen molar-refractivity contribution < 1.29 is 39.9 Å². The van der Waals surface area contributed by atoms with Crippen LogP contribution in [0.25, 0.3) is 0 Å². The van der Waals surface area contributed by atoms with Gasteiger partial charge in [-0.3, -0.25) is 14.4 Å². The largest absolute Gasteiger partial charge is 0.508 e. The average Bonchev–Trinajstić information content (AvgIpc) is 2.67. The monoisotopic (exact) mass is 451 g/mol. The molecule has 1 aromatic rings. The van der Waals surface area contributed by atoms with Crippen LogP contribution < -0.4 is 5.73 Å². The van der Waals surface area contributed by atoms with Gasteiger partial charge in [0.2, 0.25) is 5.91 Å². The lowest BCUT2D eigenvalue weighted by Gasteiger charge is -2.53. The van der Waals surface area contributed by atoms with Crippen LogP contribution in [-0.4, -0.2) is 54.7 Å². The van der Waals surface area contributed by atoms with Crippen molar-refractivity contribution in [3.05, 3.63) is 39.6 Å². The molecule has 9 nitrogen and oxygen atoms in total. The molecule has 0 aliphatic heterocycles. The first kappa shape index (κ1) is 21.8. The van der Waals surface area contributed by atoms with E-state index < -0.39 is 75.5 Å². The number of phenols is 1. The lowest BCUT2D eigenvalue weighted by molar-refractivity contribution is -0.179. The maximum atomic E-state index is 13.3. The standard InChI is InChI=1S/C21H22ClNO8/c1-6-7-5-8-11(17(27)21(7,31)18(28)13(15(6)25)19(23)29)16(26)12-10(24)4-3-9(22)14(12)20(8,2)30/h3-4,6-8,13,15,24-25,27,30-31H,5H2,1-2H3,(H2,23,29). The molecule has 166 valence electrons. The quantitative estimate of drug-likeness (QED) is 0.330. The van der Waals surface area contributed by atoms with Gasteiger partial charge in [-0.1, -0.05) is 18.5 Å². The molecule has 4 rings (SSSR count). The van der Waals surface area contributed by atoms with Crippen molar-refractivity contribution in [3.63, 3.8) is 0 Å². The molecule has 1 saturated carbocycles. The Balaban J connectivity index is 2.02. The van der Waals surface area contributed by atoms with Crippen molar-refractivity contribution in [2.45, 2.75) is 37.6 Å². The van der Waals surface area contributed by atoms with Gasteiger partial charge < -0.3 is 31.3 Å². The summed E-state index contributed by atoms with van der Waals surface area (Å²) in [5.74, 6) is -9.72. The Kier molecular flexibility index (Phi) is 4.58. The lowest BCUT2D eigenvalue weighted by atomic mass is 9.52. The molecular formula is C21H22ClNO8. The number of primary amides is 1. The van der Waals surface area contributed by atoms with E-state index in [1.807, 2.05) is 0 Å². The number of fused-ring (bicyclic) bond motifs is 3. The minimum atomic E-state index is -2.67. The van der Waals surface area contributed by atoms with Gasteiger partial charge in [-0.15, -0.1) is 0 Å². The summed E-state index contributed by atoms with van der Waals surface area (Å²) in [5.41, 5.74) is -0.101. The Morgan fingerprint density at radius 3 is 2.42 bits per heavy atom. The number of benzene rings is 1. The molecule has 1 fully saturated rings. The van der Waals surface area contributed by atoms with Crippen molar-refractivity contribution in [1.82, 2.24) is 0 Å². The van der Waals surface area contributed by atoms with Crippen LogP contribution in [-0.2, 0) is 15.2 Å². The smallest absolute Gasteiger partial charge is 0.230 e. The fourth-order valence-electron chi connectivity index (χ4n) is 5.59. The first-order chi connectivity index (χ1) is 14.3. The van der Waals surface area contributed by atoms with Crippen molar-refractivity contribution >= 4 is 29.1 Å². The highest BCUT2D eigenvalue weighted by Crippen LogP contribution is 2.58. The first-order valence-corrected chi connectivity index (χ1v) is 10.1. The highest BCUT2D eigenvalue weighted by molar-refractivity contribution is 6.33. The number of hydrogen-bond donors (Lipinski definition) is 6. The molecule has 7 unspecified atom stereocenters. The predicted octanol–water partition coefficient (Wildman–Crippen LogP) is 0.310. The van der Waals surface area contributed by atoms with Gasteiger partial charge in [0.1, 0.15) is 17.4 Å². The third kappa shape index (κ3) is 2.51. The number of ketones is 2. The fourth-order valence-corrected chi connectivity index (χ4v) is 5.94. The summed E-state index contributed by atoms with van der Waals surface area (Å²) >= 11 is 6.23. The van der Waals surface area contributed by atoms with Gasteiger partial charge >= 0.3 is 0 Å². The molecular weight excluding hydrogens is 430 g/mol. The minimum absolute atomic E-state index is 0.0205. The number of rotatable bonds is 1. The van der Waals surface area contributed by atoms with Gasteiger partial charge in [0, 0.05) is 28.0 Å². The Morgan fingerprint density at radius 1 is 1.23 bits per heavy atom. The maximum Gasteiger partial charge on any atom is 0.230 e. The molecule has 10 heteroatoms. The number of carbonyl (C=O) groups excluding carboxylic acids is 3. The van der Waals surface area contributed by atoms with Crippen molar-refractivity contribution in [2.24, 2.45) is 29.4 Å². The topological polar surface area (TPSA) is 178 Å². The van der Waals surface area contributed by atoms with Gasteiger partial charge in [-0.25, -0.2) is 0 Å². The SMILES string of the molecule is CC1C(O)C(C(N)=O)C(=O)C2(O)C(O)=C3C(=O)c4c(O)ccc(Cl)c4C(C)(O)C3CC12. The highest BCUT2D eigenvalue weighted by atomic mass is 35.5. The molecule has 3 aliphatic rings. The van der Waals surface area contributed by atoms with E-state index >= 15 is 0 Å². The Labute approximate surface area is 181 Å². The van der Waals surface area contributed by atoms with Crippen molar-refractivity contribution in [1.29, 1.82) is 0 Å². The molecule has 7 atom stereocenters. The summed E-state index contributed by atoms with van der Waals surface area (Å²) < 4.78 is 0. The molecule has 0 bridgehead atoms. The van der Waals surface area contributed by atoms with E-state index in [9.17, 15) is 39.9 Å². The predicted molar refractivity (Wildman–Crippen MR) is 106 cm³/mol. The Hall–Kier alpha value is -2.46. The zero-order valence-electron chi connectivity index (χ0n) is 16.7. The molecule has 31 heavy (non-hydrogen) atoms. The van der Waals surface area contributed by atoms with E-state index in [2.05, 4.69) is 0 Å². The number of halogens is 1. The van der Waals surface area contributed by atoms with Crippen LogP contribution in [0.3, 0.4) is 0 Å². The zero-order chi connectivity index (χ0) is 23.2. The summed E-state index contributed by atoms with van der Waals surface area (Å²) in [6.45, 7) is 2.83. The first-order valence-electron chi connectivity index (χ1n) is 9.74. The lowest BCUT2D eigenvalue weighted by Crippen LogP contribution is -2.67. The van der Waals surface area contributed by atoms with Gasteiger partial charge in [-0.05, 0) is 31.4 Å². The Morgan fingerprint density at radius 2 is 1.84 bits per heavy atom. The molecule has 0 aromatic heterocycles. The van der Waals surface area contributed by atoms with E-state index in [1.54, 1.807) is 0 Å². The molecule has 0 heterocycles. The van der Waals surface area contributed by atoms with Crippen LogP contribution in [0.15, 0.2) is 23.5 Å². The van der Waals surface area contributed by atoms with Crippen LogP contribution in [0, 0.1) is 23.7 Å². The summed E-state index contributed by atoms with van der Waals surface area (Å²) in [6, 6.07) is 2.47. The normalized spacial score (nSPS) is 39.6. The molecule has 0 radical (unpaired) electrons. The van der Waals surface area contributed by atoms with Crippen LogP contribution in [0.2, 0.25) is 5.02 Å². The number of aromatic hydroxyl groups is 1. The van der Waals surface area contributed by atoms with Gasteiger partial charge in [-0.2, -0.15) is 0 Å². The number of aliphatic hydroxyl groups is 4. The van der Waals surface area contributed by atoms with E-state index in [-0.39, 0.29) is 22.6 Å². The number of nitrogens with two attached hydrogens (primary N) is 1. The fraction of sp³-hybridized carbons (Fsp3) is 0.476. The summed E-state index contributed by atoms with van der Waals surface area (Å²) in [6.07, 6.45) is -1.70. The second kappa shape index (κ2) is 6.52. The van der Waals surface area contributed by atoms with Crippen LogP contribution in [0.1, 0.15) is 36.2 Å². The third-order valence-electron chi connectivity index (χ3n) is 7.26. The summed E-state index contributed by atoms with van der Waals surface area (Å²) in [4.78, 5) is 38.2. The number of aliphatic hydroxyl groups excluding tert-OH is 2. The van der Waals surface area contributed by atoms with Gasteiger partial charge in [0.15, 0.2) is 17.2 Å². The van der Waals surface area contributed by atoms with E-state index in [0.717, 1.165) is 6.07 Å². The molecule has 1 aromatic carbocycles. The van der Waals surface area contributed by atoms with Crippen LogP contribution >= 0.6 is 11.6 Å². The number of carbonyl (C=O) groups is 3. The van der Waals surface area contributed by atoms with Crippen LogP contribution in [0.4, 0.5) is 0 Å². The van der Waals surface area contributed by atoms with E-state index in [1.165, 1.54) is 19.9 Å². The number of hydrogen-bond acceptors (Lipinski definition) is 8. The van der Waals surface area contributed by atoms with Crippen LogP contribution in [0.5, 0.6) is 5.75 Å². The third-order valence-corrected chi connectivity index (χ3v) is 7.57. The molecule has 7 N–H and O–H groups in total. The number of Topliss-reactive ketones (excluding diaryl/α,β-unsaturated/α-hetero) is 2.